The first-order valence-corrected chi connectivity index (χ1v) is 6.71. The Hall–Kier alpha value is -0.570. The van der Waals surface area contributed by atoms with E-state index in [1.165, 1.54) is 17.3 Å². The Morgan fingerprint density at radius 3 is 1.94 bits per heavy atom. The highest BCUT2D eigenvalue weighted by atomic mass is 32.2. The fourth-order valence-electron chi connectivity index (χ4n) is 1.32. The molecule has 0 aliphatic rings. The topological polar surface area (TPSA) is 27.1 Å². The van der Waals surface area contributed by atoms with Gasteiger partial charge in [0, 0.05) is 19.7 Å². The first kappa shape index (κ1) is 16.4. The van der Waals surface area contributed by atoms with Crippen molar-refractivity contribution in [2.24, 2.45) is 5.41 Å². The molecule has 0 fully saturated rings. The first-order valence-electron chi connectivity index (χ1n) is 5.48. The Morgan fingerprint density at radius 2 is 1.71 bits per heavy atom. The number of allylic oxidation sites excluding steroid dienone is 1. The smallest absolute Gasteiger partial charge is 0.0897 e. The van der Waals surface area contributed by atoms with Crippen LogP contribution in [0.15, 0.2) is 16.2 Å². The molecule has 0 bridgehead atoms. The molecule has 17 heavy (non-hydrogen) atoms. The summed E-state index contributed by atoms with van der Waals surface area (Å²) < 4.78 is 0.734. The Bertz CT molecular complexity index is 377. The van der Waals surface area contributed by atoms with Gasteiger partial charge in [-0.15, -0.1) is 0 Å². The van der Waals surface area contributed by atoms with Gasteiger partial charge < -0.3 is 4.90 Å². The lowest BCUT2D eigenvalue weighted by Gasteiger charge is -2.24. The number of thiocarbonyl (C=S) groups is 1. The van der Waals surface area contributed by atoms with E-state index in [2.05, 4.69) is 45.4 Å². The van der Waals surface area contributed by atoms with Crippen LogP contribution in [0.4, 0.5) is 0 Å². The molecule has 0 heterocycles. The zero-order valence-corrected chi connectivity index (χ0v) is 13.4. The van der Waals surface area contributed by atoms with Gasteiger partial charge in [0.1, 0.15) is 0 Å². The second-order valence-electron chi connectivity index (χ2n) is 5.34. The minimum Gasteiger partial charge on any atom is -0.372 e. The van der Waals surface area contributed by atoms with Crippen molar-refractivity contribution in [2.45, 2.75) is 34.6 Å². The maximum Gasteiger partial charge on any atom is 0.0897 e. The van der Waals surface area contributed by atoms with E-state index >= 15 is 0 Å². The van der Waals surface area contributed by atoms with Crippen LogP contribution in [0.3, 0.4) is 0 Å². The summed E-state index contributed by atoms with van der Waals surface area (Å²) in [5, 5.41) is 8.52. The lowest BCUT2D eigenvalue weighted by atomic mass is 9.88. The molecule has 0 aromatic heterocycles. The van der Waals surface area contributed by atoms with E-state index in [1.54, 1.807) is 0 Å². The summed E-state index contributed by atoms with van der Waals surface area (Å²) in [5.41, 5.74) is 1.88. The number of nitrogens with one attached hydrogen (secondary N) is 1. The highest BCUT2D eigenvalue weighted by Gasteiger charge is 2.23. The molecule has 0 radical (unpaired) electrons. The molecule has 0 atom stereocenters. The second kappa shape index (κ2) is 6.39. The number of rotatable bonds is 3. The van der Waals surface area contributed by atoms with Crippen molar-refractivity contribution in [2.75, 3.05) is 14.1 Å². The zero-order chi connectivity index (χ0) is 13.8. The van der Waals surface area contributed by atoms with Gasteiger partial charge in [0.2, 0.25) is 0 Å². The Balaban J connectivity index is 5.13. The minimum absolute atomic E-state index is 0.134. The van der Waals surface area contributed by atoms with Crippen molar-refractivity contribution < 1.29 is 0 Å². The highest BCUT2D eigenvalue weighted by molar-refractivity contribution is 8.26. The molecular weight excluding hydrogens is 248 g/mol. The van der Waals surface area contributed by atoms with Crippen LogP contribution in [0.2, 0.25) is 0 Å². The maximum atomic E-state index is 7.39. The number of hydrogen-bond donors (Lipinski definition) is 1. The molecule has 2 nitrogen and oxygen atoms in total. The average Bonchev–Trinajstić information content (AvgIpc) is 2.11. The first-order chi connectivity index (χ1) is 7.61. The van der Waals surface area contributed by atoms with E-state index in [1.807, 2.05) is 14.1 Å². The zero-order valence-electron chi connectivity index (χ0n) is 11.8. The largest absolute Gasteiger partial charge is 0.372 e. The lowest BCUT2D eigenvalue weighted by molar-refractivity contribution is 0.532. The summed E-state index contributed by atoms with van der Waals surface area (Å²) in [7, 11) is 4.01. The van der Waals surface area contributed by atoms with E-state index in [-0.39, 0.29) is 5.41 Å². The average molecular weight is 270 g/mol. The van der Waals surface area contributed by atoms with E-state index in [0.717, 1.165) is 14.8 Å². The maximum absolute atomic E-state index is 7.39. The summed E-state index contributed by atoms with van der Waals surface area (Å²) in [6, 6.07) is 0. The van der Waals surface area contributed by atoms with Crippen molar-refractivity contribution in [1.82, 2.24) is 4.90 Å². The van der Waals surface area contributed by atoms with Crippen molar-refractivity contribution in [3.8, 4) is 0 Å². The van der Waals surface area contributed by atoms with Crippen LogP contribution in [0.1, 0.15) is 34.6 Å². The van der Waals surface area contributed by atoms with Crippen LogP contribution >= 0.6 is 24.0 Å². The molecule has 0 aromatic carbocycles. The third kappa shape index (κ3) is 5.07. The molecule has 0 aliphatic heterocycles. The molecule has 0 saturated carbocycles. The summed E-state index contributed by atoms with van der Waals surface area (Å²) in [4.78, 5) is 2.05. The lowest BCUT2D eigenvalue weighted by Crippen LogP contribution is -2.18. The third-order valence-electron chi connectivity index (χ3n) is 2.10. The fourth-order valence-corrected chi connectivity index (χ4v) is 2.94. The van der Waals surface area contributed by atoms with Gasteiger partial charge in [-0.3, -0.25) is 5.41 Å². The van der Waals surface area contributed by atoms with Gasteiger partial charge in [-0.25, -0.2) is 0 Å². The molecule has 4 heteroatoms. The molecular formula is C13H22N2S2. The standard InChI is InChI=1S/C13H22N2S2/c1-9(2)11(15(6)7)17-12(16)10(8-14)13(3,4)5/h14H,1-7H3. The van der Waals surface area contributed by atoms with Crippen LogP contribution in [0, 0.1) is 10.8 Å². The molecule has 0 unspecified atom stereocenters. The van der Waals surface area contributed by atoms with Crippen molar-refractivity contribution in [3.63, 3.8) is 0 Å². The molecule has 0 saturated heterocycles. The van der Waals surface area contributed by atoms with Crippen LogP contribution in [-0.4, -0.2) is 29.1 Å². The molecule has 0 aliphatic carbocycles. The summed E-state index contributed by atoms with van der Waals surface area (Å²) in [6.07, 6.45) is 0. The van der Waals surface area contributed by atoms with Crippen LogP contribution < -0.4 is 0 Å². The van der Waals surface area contributed by atoms with Gasteiger partial charge in [0.15, 0.2) is 0 Å². The number of thioether (sulfide) groups is 1. The van der Waals surface area contributed by atoms with Crippen molar-refractivity contribution in [1.29, 1.82) is 5.41 Å². The number of hydrogen-bond acceptors (Lipinski definition) is 4. The predicted octanol–water partition coefficient (Wildman–Crippen LogP) is 4.08. The van der Waals surface area contributed by atoms with Gasteiger partial charge in [-0.2, -0.15) is 0 Å². The van der Waals surface area contributed by atoms with Crippen molar-refractivity contribution >= 4 is 34.0 Å². The van der Waals surface area contributed by atoms with Gasteiger partial charge >= 0.3 is 0 Å². The third-order valence-corrected chi connectivity index (χ3v) is 3.91. The SMILES string of the molecule is CC(C)=C(SC(=S)C(=C=N)C(C)(C)C)N(C)C. The summed E-state index contributed by atoms with van der Waals surface area (Å²) in [6.45, 7) is 10.3. The van der Waals surface area contributed by atoms with Crippen molar-refractivity contribution in [3.05, 3.63) is 16.2 Å². The summed E-state index contributed by atoms with van der Waals surface area (Å²) in [5.74, 6) is 2.49. The van der Waals surface area contributed by atoms with Crippen LogP contribution in [-0.2, 0) is 0 Å². The Kier molecular flexibility index (Phi) is 6.17. The number of nitrogens with zero attached hydrogens (tertiary/aromatic N) is 1. The molecule has 0 amide bonds. The molecule has 0 rings (SSSR count). The van der Waals surface area contributed by atoms with Gasteiger partial charge in [-0.1, -0.05) is 44.8 Å². The second-order valence-corrected chi connectivity index (χ2v) is 7.00. The van der Waals surface area contributed by atoms with Crippen LogP contribution in [0.5, 0.6) is 0 Å². The summed E-state index contributed by atoms with van der Waals surface area (Å²) >= 11 is 6.96. The van der Waals surface area contributed by atoms with Crippen LogP contribution in [0.25, 0.3) is 0 Å². The molecule has 96 valence electrons. The predicted molar refractivity (Wildman–Crippen MR) is 82.9 cm³/mol. The molecule has 0 spiro atoms. The Morgan fingerprint density at radius 1 is 1.24 bits per heavy atom. The fraction of sp³-hybridized carbons (Fsp3) is 0.615. The normalized spacial score (nSPS) is 10.5. The molecule has 0 aromatic rings. The van der Waals surface area contributed by atoms with Gasteiger partial charge in [-0.05, 0) is 30.7 Å². The van der Waals surface area contributed by atoms with E-state index in [0.29, 0.717) is 0 Å². The van der Waals surface area contributed by atoms with E-state index < -0.39 is 0 Å². The van der Waals surface area contributed by atoms with E-state index in [9.17, 15) is 0 Å². The van der Waals surface area contributed by atoms with Gasteiger partial charge in [0.25, 0.3) is 0 Å². The monoisotopic (exact) mass is 270 g/mol. The van der Waals surface area contributed by atoms with Gasteiger partial charge in [0.05, 0.1) is 9.23 Å². The highest BCUT2D eigenvalue weighted by Crippen LogP contribution is 2.33. The Labute approximate surface area is 115 Å². The molecule has 1 N–H and O–H groups in total. The quantitative estimate of drug-likeness (QED) is 0.475. The minimum atomic E-state index is -0.134. The van der Waals surface area contributed by atoms with E-state index in [4.69, 9.17) is 17.6 Å².